The summed E-state index contributed by atoms with van der Waals surface area (Å²) in [5.41, 5.74) is 0. The van der Waals surface area contributed by atoms with E-state index in [2.05, 4.69) is 19.2 Å². The third-order valence-corrected chi connectivity index (χ3v) is 4.55. The van der Waals surface area contributed by atoms with Crippen LogP contribution in [0, 0.1) is 0 Å². The Morgan fingerprint density at radius 1 is 0.652 bits per heavy atom. The largest absolute Gasteiger partial charge is 0.313 e. The van der Waals surface area contributed by atoms with Crippen molar-refractivity contribution in [1.29, 1.82) is 0 Å². The molecule has 1 saturated heterocycles. The molecule has 0 aliphatic carbocycles. The van der Waals surface area contributed by atoms with E-state index in [-0.39, 0.29) is 0 Å². The van der Waals surface area contributed by atoms with E-state index in [1.165, 1.54) is 101 Å². The Labute approximate surface area is 146 Å². The lowest BCUT2D eigenvalue weighted by Crippen LogP contribution is -2.16. The first-order valence-corrected chi connectivity index (χ1v) is 10.5. The van der Waals surface area contributed by atoms with Gasteiger partial charge < -0.3 is 10.5 Å². The summed E-state index contributed by atoms with van der Waals surface area (Å²) in [4.78, 5) is 0. The van der Waals surface area contributed by atoms with Gasteiger partial charge in [-0.2, -0.15) is 5.06 Å². The predicted octanol–water partition coefficient (Wildman–Crippen LogP) is 6.12. The molecule has 1 rings (SSSR count). The van der Waals surface area contributed by atoms with Crippen LogP contribution in [0.25, 0.3) is 0 Å². The van der Waals surface area contributed by atoms with E-state index in [9.17, 15) is 0 Å². The molecule has 0 aromatic carbocycles. The average molecular weight is 329 g/mol. The molecule has 0 aromatic rings. The van der Waals surface area contributed by atoms with Gasteiger partial charge in [0.1, 0.15) is 0 Å². The fraction of sp³-hybridized carbons (Fsp3) is 1.00. The molecule has 0 aromatic heterocycles. The maximum atomic E-state index is 8.50. The van der Waals surface area contributed by atoms with Gasteiger partial charge in [-0.25, -0.2) is 0 Å². The predicted molar refractivity (Wildman–Crippen MR) is 102 cm³/mol. The Balaban J connectivity index is 0.000000664. The summed E-state index contributed by atoms with van der Waals surface area (Å²) in [5, 5.41) is 12.7. The van der Waals surface area contributed by atoms with E-state index in [1.807, 2.05) is 0 Å². The Hall–Kier alpha value is -0.120. The second-order valence-corrected chi connectivity index (χ2v) is 6.98. The highest BCUT2D eigenvalue weighted by molar-refractivity contribution is 4.54. The number of hydroxylamine groups is 2. The average Bonchev–Trinajstić information content (AvgIpc) is 3.03. The van der Waals surface area contributed by atoms with Gasteiger partial charge in [-0.15, -0.1) is 0 Å². The first-order valence-electron chi connectivity index (χ1n) is 10.5. The summed E-state index contributed by atoms with van der Waals surface area (Å²) < 4.78 is 0. The monoisotopic (exact) mass is 328 g/mol. The smallest absolute Gasteiger partial charge is 0.0730 e. The Morgan fingerprint density at radius 3 is 1.17 bits per heavy atom. The van der Waals surface area contributed by atoms with Gasteiger partial charge in [-0.1, -0.05) is 110 Å². The van der Waals surface area contributed by atoms with E-state index in [0.717, 1.165) is 13.1 Å². The Morgan fingerprint density at radius 2 is 1.00 bits per heavy atom. The molecule has 0 bridgehead atoms. The second-order valence-electron chi connectivity index (χ2n) is 6.98. The summed E-state index contributed by atoms with van der Waals surface area (Å²) in [5.74, 6) is 0. The normalized spacial score (nSPS) is 14.7. The standard InChI is InChI=1S/C17H36.C3H8N2O/c1-3-5-7-9-11-13-15-17-16-14-12-10-8-6-4-2;6-5-2-1-4-3-5/h3-17H2,1-2H3;4,6H,1-3H2. The van der Waals surface area contributed by atoms with E-state index in [1.54, 1.807) is 0 Å². The van der Waals surface area contributed by atoms with Gasteiger partial charge in [0.2, 0.25) is 0 Å². The third kappa shape index (κ3) is 19.8. The zero-order chi connectivity index (χ0) is 17.0. The molecule has 1 fully saturated rings. The Kier molecular flexibility index (Phi) is 19.8. The quantitative estimate of drug-likeness (QED) is 0.377. The lowest BCUT2D eigenvalue weighted by molar-refractivity contribution is -0.0689. The minimum atomic E-state index is 0.625. The molecule has 2 N–H and O–H groups in total. The number of hydrogen-bond acceptors (Lipinski definition) is 3. The van der Waals surface area contributed by atoms with Crippen LogP contribution in [0.4, 0.5) is 0 Å². The van der Waals surface area contributed by atoms with Crippen LogP contribution in [-0.2, 0) is 0 Å². The number of unbranched alkanes of at least 4 members (excludes halogenated alkanes) is 14. The summed E-state index contributed by atoms with van der Waals surface area (Å²) in [6.07, 6.45) is 21.9. The van der Waals surface area contributed by atoms with E-state index in [0.29, 0.717) is 6.67 Å². The molecule has 1 aliphatic heterocycles. The van der Waals surface area contributed by atoms with Gasteiger partial charge in [0.15, 0.2) is 0 Å². The molecule has 0 spiro atoms. The molecule has 0 atom stereocenters. The number of hydrogen-bond donors (Lipinski definition) is 2. The van der Waals surface area contributed by atoms with E-state index < -0.39 is 0 Å². The van der Waals surface area contributed by atoms with E-state index in [4.69, 9.17) is 5.21 Å². The summed E-state index contributed by atoms with van der Waals surface area (Å²) in [6.45, 7) is 6.89. The van der Waals surface area contributed by atoms with E-state index >= 15 is 0 Å². The molecule has 23 heavy (non-hydrogen) atoms. The molecule has 0 amide bonds. The van der Waals surface area contributed by atoms with Crippen LogP contribution >= 0.6 is 0 Å². The van der Waals surface area contributed by atoms with Crippen molar-refractivity contribution < 1.29 is 5.21 Å². The van der Waals surface area contributed by atoms with Crippen molar-refractivity contribution in [1.82, 2.24) is 10.4 Å². The molecule has 0 unspecified atom stereocenters. The Bertz CT molecular complexity index is 192. The van der Waals surface area contributed by atoms with Crippen molar-refractivity contribution in [2.24, 2.45) is 0 Å². The number of nitrogens with zero attached hydrogens (tertiary/aromatic N) is 1. The van der Waals surface area contributed by atoms with Gasteiger partial charge in [-0.3, -0.25) is 0 Å². The number of nitrogens with one attached hydrogen (secondary N) is 1. The molecular weight excluding hydrogens is 284 g/mol. The molecule has 0 saturated carbocycles. The summed E-state index contributed by atoms with van der Waals surface area (Å²) >= 11 is 0. The summed E-state index contributed by atoms with van der Waals surface area (Å²) in [6, 6.07) is 0. The van der Waals surface area contributed by atoms with Gasteiger partial charge >= 0.3 is 0 Å². The molecule has 140 valence electrons. The van der Waals surface area contributed by atoms with Crippen LogP contribution < -0.4 is 5.32 Å². The van der Waals surface area contributed by atoms with Gasteiger partial charge in [0, 0.05) is 13.1 Å². The van der Waals surface area contributed by atoms with Crippen LogP contribution in [0.15, 0.2) is 0 Å². The first-order chi connectivity index (χ1) is 11.3. The minimum Gasteiger partial charge on any atom is -0.313 e. The van der Waals surface area contributed by atoms with Crippen molar-refractivity contribution in [2.45, 2.75) is 110 Å². The zero-order valence-electron chi connectivity index (χ0n) is 16.1. The maximum absolute atomic E-state index is 8.50. The highest BCUT2D eigenvalue weighted by atomic mass is 16.5. The highest BCUT2D eigenvalue weighted by Crippen LogP contribution is 2.13. The van der Waals surface area contributed by atoms with Crippen LogP contribution in [0.5, 0.6) is 0 Å². The fourth-order valence-corrected chi connectivity index (χ4v) is 2.94. The minimum absolute atomic E-state index is 0.625. The first kappa shape index (κ1) is 22.9. The van der Waals surface area contributed by atoms with Crippen LogP contribution in [0.2, 0.25) is 0 Å². The van der Waals surface area contributed by atoms with Crippen molar-refractivity contribution in [3.8, 4) is 0 Å². The lowest BCUT2D eigenvalue weighted by Gasteiger charge is -2.02. The fourth-order valence-electron chi connectivity index (χ4n) is 2.94. The molecule has 1 heterocycles. The SMILES string of the molecule is CCCCCCCCCCCCCCCCC.ON1CCNC1. The molecule has 0 radical (unpaired) electrons. The van der Waals surface area contributed by atoms with Crippen LogP contribution in [0.3, 0.4) is 0 Å². The lowest BCUT2D eigenvalue weighted by atomic mass is 10.0. The zero-order valence-corrected chi connectivity index (χ0v) is 16.1. The topological polar surface area (TPSA) is 35.5 Å². The summed E-state index contributed by atoms with van der Waals surface area (Å²) in [7, 11) is 0. The van der Waals surface area contributed by atoms with Gasteiger partial charge in [0.05, 0.1) is 6.67 Å². The molecular formula is C20H44N2O. The van der Waals surface area contributed by atoms with Crippen LogP contribution in [-0.4, -0.2) is 30.0 Å². The van der Waals surface area contributed by atoms with Crippen molar-refractivity contribution in [2.75, 3.05) is 19.8 Å². The van der Waals surface area contributed by atoms with Crippen molar-refractivity contribution in [3.05, 3.63) is 0 Å². The van der Waals surface area contributed by atoms with Gasteiger partial charge in [-0.05, 0) is 0 Å². The maximum Gasteiger partial charge on any atom is 0.0730 e. The second kappa shape index (κ2) is 19.9. The number of rotatable bonds is 14. The molecule has 3 heteroatoms. The van der Waals surface area contributed by atoms with Gasteiger partial charge in [0.25, 0.3) is 0 Å². The molecule has 1 aliphatic rings. The third-order valence-electron chi connectivity index (χ3n) is 4.55. The molecule has 3 nitrogen and oxygen atoms in total. The highest BCUT2D eigenvalue weighted by Gasteiger charge is 2.04. The van der Waals surface area contributed by atoms with Crippen molar-refractivity contribution in [3.63, 3.8) is 0 Å². The van der Waals surface area contributed by atoms with Crippen LogP contribution in [0.1, 0.15) is 110 Å². The van der Waals surface area contributed by atoms with Crippen molar-refractivity contribution >= 4 is 0 Å².